The fourth-order valence-electron chi connectivity index (χ4n) is 4.03. The Labute approximate surface area is 175 Å². The number of hydrogen-bond acceptors (Lipinski definition) is 2. The molecule has 0 radical (unpaired) electrons. The van der Waals surface area contributed by atoms with Crippen molar-refractivity contribution in [1.29, 1.82) is 0 Å². The Balaban J connectivity index is 2.57. The van der Waals surface area contributed by atoms with Crippen LogP contribution in [0.4, 0.5) is 5.69 Å². The zero-order valence-electron chi connectivity index (χ0n) is 18.9. The van der Waals surface area contributed by atoms with E-state index in [4.69, 9.17) is 0 Å². The minimum atomic E-state index is -0.283. The van der Waals surface area contributed by atoms with E-state index in [0.29, 0.717) is 17.5 Å². The lowest BCUT2D eigenvalue weighted by Gasteiger charge is -2.22. The summed E-state index contributed by atoms with van der Waals surface area (Å²) in [6.45, 7) is 13.0. The molecule has 0 aliphatic heterocycles. The van der Waals surface area contributed by atoms with Crippen LogP contribution in [0.5, 0.6) is 0 Å². The number of carbonyl (C=O) groups is 1. The van der Waals surface area contributed by atoms with Crippen molar-refractivity contribution in [3.05, 3.63) is 62.1 Å². The summed E-state index contributed by atoms with van der Waals surface area (Å²) in [6, 6.07) is 6.11. The van der Waals surface area contributed by atoms with E-state index in [-0.39, 0.29) is 11.3 Å². The molecule has 2 aromatic rings. The number of benzene rings is 1. The molecule has 1 aromatic heterocycles. The fourth-order valence-corrected chi connectivity index (χ4v) is 4.03. The van der Waals surface area contributed by atoms with Gasteiger partial charge in [-0.3, -0.25) is 9.59 Å². The minimum Gasteiger partial charge on any atom is -0.348 e. The number of hydrogen-bond donors (Lipinski definition) is 1. The van der Waals surface area contributed by atoms with E-state index in [1.807, 2.05) is 39.0 Å². The summed E-state index contributed by atoms with van der Waals surface area (Å²) < 4.78 is 2.19. The molecule has 0 fully saturated rings. The van der Waals surface area contributed by atoms with Gasteiger partial charge < -0.3 is 9.88 Å². The molecule has 0 bridgehead atoms. The van der Waals surface area contributed by atoms with E-state index >= 15 is 0 Å². The molecule has 0 saturated heterocycles. The average Bonchev–Trinajstić information content (AvgIpc) is 2.73. The number of aryl methyl sites for hydroxylation is 2. The summed E-state index contributed by atoms with van der Waals surface area (Å²) in [7, 11) is 0. The molecule has 0 spiro atoms. The van der Waals surface area contributed by atoms with Crippen molar-refractivity contribution in [3.63, 3.8) is 0 Å². The molecule has 0 unspecified atom stereocenters. The highest BCUT2D eigenvalue weighted by Crippen LogP contribution is 2.24. The smallest absolute Gasteiger partial charge is 0.261 e. The van der Waals surface area contributed by atoms with Crippen molar-refractivity contribution >= 4 is 11.6 Å². The van der Waals surface area contributed by atoms with Gasteiger partial charge in [0.25, 0.3) is 5.91 Å². The second-order valence-corrected chi connectivity index (χ2v) is 7.69. The number of rotatable bonds is 9. The lowest BCUT2D eigenvalue weighted by molar-refractivity contribution is 0.102. The molecule has 4 heteroatoms. The Morgan fingerprint density at radius 3 is 2.10 bits per heavy atom. The maximum absolute atomic E-state index is 13.4. The Hall–Kier alpha value is -2.36. The lowest BCUT2D eigenvalue weighted by Crippen LogP contribution is -2.31. The van der Waals surface area contributed by atoms with Crippen molar-refractivity contribution in [1.82, 2.24) is 4.57 Å². The van der Waals surface area contributed by atoms with Gasteiger partial charge in [-0.05, 0) is 50.7 Å². The second kappa shape index (κ2) is 10.4. The molecule has 1 heterocycles. The van der Waals surface area contributed by atoms with Gasteiger partial charge in [-0.25, -0.2) is 0 Å². The topological polar surface area (TPSA) is 51.1 Å². The Morgan fingerprint density at radius 1 is 0.966 bits per heavy atom. The second-order valence-electron chi connectivity index (χ2n) is 7.69. The highest BCUT2D eigenvalue weighted by atomic mass is 16.2. The van der Waals surface area contributed by atoms with Gasteiger partial charge in [-0.15, -0.1) is 0 Å². The van der Waals surface area contributed by atoms with Crippen LogP contribution in [0.1, 0.15) is 85.4 Å². The number of aromatic nitrogens is 1. The van der Waals surface area contributed by atoms with Crippen LogP contribution < -0.4 is 10.7 Å². The van der Waals surface area contributed by atoms with E-state index < -0.39 is 0 Å². The number of pyridine rings is 1. The summed E-state index contributed by atoms with van der Waals surface area (Å²) in [5, 5.41) is 3.10. The third-order valence-electron chi connectivity index (χ3n) is 5.91. The van der Waals surface area contributed by atoms with Gasteiger partial charge in [0.2, 0.25) is 0 Å². The Kier molecular flexibility index (Phi) is 8.24. The van der Waals surface area contributed by atoms with Crippen LogP contribution in [0.15, 0.2) is 23.0 Å². The summed E-state index contributed by atoms with van der Waals surface area (Å²) >= 11 is 0. The van der Waals surface area contributed by atoms with E-state index in [1.54, 1.807) is 0 Å². The fraction of sp³-hybridized carbons (Fsp3) is 0.520. The molecule has 2 rings (SSSR count). The van der Waals surface area contributed by atoms with Gasteiger partial charge in [0.05, 0.1) is 0 Å². The number of unbranched alkanes of at least 4 members (excludes halogenated alkanes) is 2. The van der Waals surface area contributed by atoms with E-state index in [0.717, 1.165) is 66.9 Å². The largest absolute Gasteiger partial charge is 0.348 e. The SMILES string of the molecule is CCCCCn1c(C)c(C)c(=O)c(C(=O)Nc2c(CC)cccc2CC)c1CC. The molecule has 1 amide bonds. The molecule has 0 atom stereocenters. The van der Waals surface area contributed by atoms with Crippen molar-refractivity contribution < 1.29 is 4.79 Å². The van der Waals surface area contributed by atoms with E-state index in [2.05, 4.69) is 30.7 Å². The van der Waals surface area contributed by atoms with Gasteiger partial charge in [-0.2, -0.15) is 0 Å². The monoisotopic (exact) mass is 396 g/mol. The molecule has 1 N–H and O–H groups in total. The van der Waals surface area contributed by atoms with Crippen LogP contribution in [0, 0.1) is 13.8 Å². The first-order chi connectivity index (χ1) is 13.9. The molecule has 1 aromatic carbocycles. The standard InChI is InChI=1S/C25H36N2O2/c1-7-11-12-16-27-18(6)17(5)24(28)22(21(27)10-4)25(29)26-23-19(8-2)14-13-15-20(23)9-3/h13-15H,7-12,16H2,1-6H3,(H,26,29). The third kappa shape index (κ3) is 4.80. The molecule has 0 saturated carbocycles. The van der Waals surface area contributed by atoms with Gasteiger partial charge >= 0.3 is 0 Å². The van der Waals surface area contributed by atoms with E-state index in [9.17, 15) is 9.59 Å². The summed E-state index contributed by atoms with van der Waals surface area (Å²) in [5.41, 5.74) is 5.71. The van der Waals surface area contributed by atoms with Gasteiger partial charge in [0.1, 0.15) is 5.56 Å². The first-order valence-corrected chi connectivity index (χ1v) is 11.1. The third-order valence-corrected chi connectivity index (χ3v) is 5.91. The summed E-state index contributed by atoms with van der Waals surface area (Å²) in [4.78, 5) is 26.5. The molecule has 4 nitrogen and oxygen atoms in total. The summed E-state index contributed by atoms with van der Waals surface area (Å²) in [5.74, 6) is -0.283. The van der Waals surface area contributed by atoms with Gasteiger partial charge in [0.15, 0.2) is 5.43 Å². The lowest BCUT2D eigenvalue weighted by atomic mass is 10.0. The predicted molar refractivity (Wildman–Crippen MR) is 122 cm³/mol. The number of anilines is 1. The molecule has 0 aliphatic carbocycles. The zero-order valence-corrected chi connectivity index (χ0v) is 18.9. The number of para-hydroxylation sites is 1. The van der Waals surface area contributed by atoms with Crippen LogP contribution in [-0.4, -0.2) is 10.5 Å². The highest BCUT2D eigenvalue weighted by Gasteiger charge is 2.23. The maximum atomic E-state index is 13.4. The minimum absolute atomic E-state index is 0.143. The van der Waals surface area contributed by atoms with Crippen molar-refractivity contribution in [2.75, 3.05) is 5.32 Å². The van der Waals surface area contributed by atoms with Gasteiger partial charge in [0, 0.05) is 29.2 Å². The number of carbonyl (C=O) groups excluding carboxylic acids is 1. The number of nitrogens with one attached hydrogen (secondary N) is 1. The number of amides is 1. The predicted octanol–water partition coefficient (Wildman–Crippen LogP) is 5.59. The molecule has 158 valence electrons. The first-order valence-electron chi connectivity index (χ1n) is 11.1. The van der Waals surface area contributed by atoms with Crippen molar-refractivity contribution in [2.24, 2.45) is 0 Å². The molecule has 0 aliphatic rings. The number of nitrogens with zero attached hydrogens (tertiary/aromatic N) is 1. The molecular weight excluding hydrogens is 360 g/mol. The molecule has 29 heavy (non-hydrogen) atoms. The van der Waals surface area contributed by atoms with Gasteiger partial charge in [-0.1, -0.05) is 58.7 Å². The Morgan fingerprint density at radius 2 is 1.59 bits per heavy atom. The van der Waals surface area contributed by atoms with Crippen LogP contribution in [-0.2, 0) is 25.8 Å². The normalized spacial score (nSPS) is 11.0. The van der Waals surface area contributed by atoms with Crippen LogP contribution in [0.2, 0.25) is 0 Å². The van der Waals surface area contributed by atoms with Crippen LogP contribution >= 0.6 is 0 Å². The quantitative estimate of drug-likeness (QED) is 0.561. The summed E-state index contributed by atoms with van der Waals surface area (Å²) in [6.07, 6.45) is 5.64. The maximum Gasteiger partial charge on any atom is 0.261 e. The van der Waals surface area contributed by atoms with Crippen molar-refractivity contribution in [3.8, 4) is 0 Å². The van der Waals surface area contributed by atoms with Crippen molar-refractivity contribution in [2.45, 2.75) is 86.6 Å². The average molecular weight is 397 g/mol. The highest BCUT2D eigenvalue weighted by molar-refractivity contribution is 6.06. The van der Waals surface area contributed by atoms with Crippen LogP contribution in [0.3, 0.4) is 0 Å². The zero-order chi connectivity index (χ0) is 21.6. The first kappa shape index (κ1) is 22.9. The Bertz CT molecular complexity index is 903. The van der Waals surface area contributed by atoms with Crippen LogP contribution in [0.25, 0.3) is 0 Å². The molecular formula is C25H36N2O2. The van der Waals surface area contributed by atoms with E-state index in [1.165, 1.54) is 0 Å².